The van der Waals surface area contributed by atoms with E-state index in [9.17, 15) is 4.79 Å². The lowest BCUT2D eigenvalue weighted by Gasteiger charge is -2.06. The van der Waals surface area contributed by atoms with E-state index >= 15 is 0 Å². The Morgan fingerprint density at radius 3 is 2.91 bits per heavy atom. The molecule has 0 aliphatic heterocycles. The van der Waals surface area contributed by atoms with Crippen molar-refractivity contribution in [2.45, 2.75) is 12.8 Å². The van der Waals surface area contributed by atoms with Gasteiger partial charge in [0.15, 0.2) is 0 Å². The third-order valence-corrected chi connectivity index (χ3v) is 4.01. The number of fused-ring (bicyclic) bond motifs is 1. The number of halogens is 1. The van der Waals surface area contributed by atoms with Gasteiger partial charge in [-0.25, -0.2) is 4.98 Å². The molecule has 0 saturated heterocycles. The summed E-state index contributed by atoms with van der Waals surface area (Å²) in [6.07, 6.45) is 2.91. The molecule has 0 fully saturated rings. The highest BCUT2D eigenvalue weighted by molar-refractivity contribution is 6.30. The smallest absolute Gasteiger partial charge is 0.224 e. The number of aryl methyl sites for hydroxylation is 1. The maximum atomic E-state index is 12.0. The molecule has 23 heavy (non-hydrogen) atoms. The zero-order valence-electron chi connectivity index (χ0n) is 12.9. The SMILES string of the molecule is Cn1cnc2cc(CC(=O)NCCc3cccc(Cl)c3)ccc21. The first-order valence-electron chi connectivity index (χ1n) is 7.53. The molecule has 3 rings (SSSR count). The Morgan fingerprint density at radius 1 is 1.22 bits per heavy atom. The second-order valence-corrected chi connectivity index (χ2v) is 6.02. The molecule has 2 aromatic carbocycles. The Morgan fingerprint density at radius 2 is 2.09 bits per heavy atom. The summed E-state index contributed by atoms with van der Waals surface area (Å²) in [4.78, 5) is 16.4. The lowest BCUT2D eigenvalue weighted by Crippen LogP contribution is -2.27. The minimum absolute atomic E-state index is 0.0160. The molecule has 0 spiro atoms. The van der Waals surface area contributed by atoms with Gasteiger partial charge in [-0.15, -0.1) is 0 Å². The highest BCUT2D eigenvalue weighted by atomic mass is 35.5. The van der Waals surface area contributed by atoms with E-state index in [0.29, 0.717) is 13.0 Å². The van der Waals surface area contributed by atoms with E-state index in [1.807, 2.05) is 54.1 Å². The van der Waals surface area contributed by atoms with Crippen LogP contribution in [0.2, 0.25) is 5.02 Å². The molecule has 1 heterocycles. The normalized spacial score (nSPS) is 10.9. The molecule has 0 atom stereocenters. The Labute approximate surface area is 140 Å². The van der Waals surface area contributed by atoms with Crippen molar-refractivity contribution in [3.05, 3.63) is 64.9 Å². The van der Waals surface area contributed by atoms with Crippen LogP contribution in [-0.4, -0.2) is 22.0 Å². The second kappa shape index (κ2) is 6.84. The molecule has 118 valence electrons. The molecule has 1 aromatic heterocycles. The maximum Gasteiger partial charge on any atom is 0.224 e. The first kappa shape index (κ1) is 15.6. The van der Waals surface area contributed by atoms with Crippen molar-refractivity contribution in [3.8, 4) is 0 Å². The van der Waals surface area contributed by atoms with Crippen LogP contribution in [-0.2, 0) is 24.7 Å². The molecule has 0 saturated carbocycles. The summed E-state index contributed by atoms with van der Waals surface area (Å²) in [5.74, 6) is 0.0160. The van der Waals surface area contributed by atoms with E-state index in [4.69, 9.17) is 11.6 Å². The fraction of sp³-hybridized carbons (Fsp3) is 0.222. The lowest BCUT2D eigenvalue weighted by atomic mass is 10.1. The fourth-order valence-corrected chi connectivity index (χ4v) is 2.79. The minimum atomic E-state index is 0.0160. The highest BCUT2D eigenvalue weighted by Gasteiger charge is 2.06. The van der Waals surface area contributed by atoms with Gasteiger partial charge >= 0.3 is 0 Å². The molecule has 0 radical (unpaired) electrons. The highest BCUT2D eigenvalue weighted by Crippen LogP contribution is 2.14. The molecule has 1 amide bonds. The average Bonchev–Trinajstić information content (AvgIpc) is 2.88. The number of carbonyl (C=O) groups is 1. The number of rotatable bonds is 5. The van der Waals surface area contributed by atoms with Crippen LogP contribution in [0.15, 0.2) is 48.8 Å². The number of amides is 1. The Kier molecular flexibility index (Phi) is 4.63. The molecular weight excluding hydrogens is 310 g/mol. The summed E-state index contributed by atoms with van der Waals surface area (Å²) in [6.45, 7) is 0.602. The number of hydrogen-bond acceptors (Lipinski definition) is 2. The quantitative estimate of drug-likeness (QED) is 0.782. The Bertz CT molecular complexity index is 841. The lowest BCUT2D eigenvalue weighted by molar-refractivity contribution is -0.120. The number of benzene rings is 2. The van der Waals surface area contributed by atoms with Gasteiger partial charge in [-0.2, -0.15) is 0 Å². The summed E-state index contributed by atoms with van der Waals surface area (Å²) >= 11 is 5.95. The van der Waals surface area contributed by atoms with Gasteiger partial charge in [-0.3, -0.25) is 4.79 Å². The maximum absolute atomic E-state index is 12.0. The third kappa shape index (κ3) is 3.90. The van der Waals surface area contributed by atoms with Crippen LogP contribution in [0, 0.1) is 0 Å². The zero-order chi connectivity index (χ0) is 16.2. The van der Waals surface area contributed by atoms with Crippen molar-refractivity contribution < 1.29 is 4.79 Å². The van der Waals surface area contributed by atoms with Crippen molar-refractivity contribution in [1.82, 2.24) is 14.9 Å². The van der Waals surface area contributed by atoms with Crippen LogP contribution in [0.3, 0.4) is 0 Å². The monoisotopic (exact) mass is 327 g/mol. The predicted molar refractivity (Wildman–Crippen MR) is 92.6 cm³/mol. The summed E-state index contributed by atoms with van der Waals surface area (Å²) in [5, 5.41) is 3.66. The Balaban J connectivity index is 1.54. The molecule has 0 unspecified atom stereocenters. The van der Waals surface area contributed by atoms with Gasteiger partial charge in [0.05, 0.1) is 23.8 Å². The molecule has 5 heteroatoms. The van der Waals surface area contributed by atoms with Crippen molar-refractivity contribution >= 4 is 28.5 Å². The van der Waals surface area contributed by atoms with E-state index in [1.54, 1.807) is 6.33 Å². The van der Waals surface area contributed by atoms with E-state index in [-0.39, 0.29) is 5.91 Å². The number of carbonyl (C=O) groups excluding carboxylic acids is 1. The van der Waals surface area contributed by atoms with Gasteiger partial charge in [-0.1, -0.05) is 29.8 Å². The largest absolute Gasteiger partial charge is 0.355 e. The van der Waals surface area contributed by atoms with Crippen molar-refractivity contribution in [1.29, 1.82) is 0 Å². The number of hydrogen-bond donors (Lipinski definition) is 1. The molecule has 3 aromatic rings. The number of aromatic nitrogens is 2. The van der Waals surface area contributed by atoms with Gasteiger partial charge in [0, 0.05) is 18.6 Å². The zero-order valence-corrected chi connectivity index (χ0v) is 13.7. The van der Waals surface area contributed by atoms with Crippen molar-refractivity contribution in [2.75, 3.05) is 6.54 Å². The summed E-state index contributed by atoms with van der Waals surface area (Å²) in [7, 11) is 1.96. The topological polar surface area (TPSA) is 46.9 Å². The first-order valence-corrected chi connectivity index (χ1v) is 7.91. The van der Waals surface area contributed by atoms with Gasteiger partial charge < -0.3 is 9.88 Å². The van der Waals surface area contributed by atoms with Gasteiger partial charge in [0.25, 0.3) is 0 Å². The molecular formula is C18H18ClN3O. The second-order valence-electron chi connectivity index (χ2n) is 5.59. The third-order valence-electron chi connectivity index (χ3n) is 3.78. The van der Waals surface area contributed by atoms with Crippen molar-refractivity contribution in [2.24, 2.45) is 7.05 Å². The van der Waals surface area contributed by atoms with E-state index in [1.165, 1.54) is 0 Å². The molecule has 0 bridgehead atoms. The predicted octanol–water partition coefficient (Wildman–Crippen LogP) is 3.13. The standard InChI is InChI=1S/C18H18ClN3O/c1-22-12-21-16-10-14(5-6-17(16)22)11-18(23)20-8-7-13-3-2-4-15(19)9-13/h2-6,9-10,12H,7-8,11H2,1H3,(H,20,23). The van der Waals surface area contributed by atoms with E-state index in [0.717, 1.165) is 33.6 Å². The molecule has 0 aliphatic carbocycles. The van der Waals surface area contributed by atoms with Crippen LogP contribution in [0.1, 0.15) is 11.1 Å². The molecule has 0 aliphatic rings. The molecule has 4 nitrogen and oxygen atoms in total. The van der Waals surface area contributed by atoms with Crippen LogP contribution >= 0.6 is 11.6 Å². The summed E-state index contributed by atoms with van der Waals surface area (Å²) in [6, 6.07) is 13.6. The van der Waals surface area contributed by atoms with Gasteiger partial charge in [0.2, 0.25) is 5.91 Å². The fourth-order valence-electron chi connectivity index (χ4n) is 2.58. The molecule has 1 N–H and O–H groups in total. The van der Waals surface area contributed by atoms with Crippen molar-refractivity contribution in [3.63, 3.8) is 0 Å². The summed E-state index contributed by atoms with van der Waals surface area (Å²) < 4.78 is 1.96. The van der Waals surface area contributed by atoms with E-state index in [2.05, 4.69) is 10.3 Å². The minimum Gasteiger partial charge on any atom is -0.355 e. The van der Waals surface area contributed by atoms with E-state index < -0.39 is 0 Å². The summed E-state index contributed by atoms with van der Waals surface area (Å²) in [5.41, 5.74) is 4.07. The van der Waals surface area contributed by atoms with Crippen LogP contribution in [0.25, 0.3) is 11.0 Å². The van der Waals surface area contributed by atoms with Crippen LogP contribution in [0.5, 0.6) is 0 Å². The Hall–Kier alpha value is -2.33. The van der Waals surface area contributed by atoms with Crippen LogP contribution < -0.4 is 5.32 Å². The number of nitrogens with zero attached hydrogens (tertiary/aromatic N) is 2. The average molecular weight is 328 g/mol. The van der Waals surface area contributed by atoms with Crippen LogP contribution in [0.4, 0.5) is 0 Å². The van der Waals surface area contributed by atoms with Gasteiger partial charge in [-0.05, 0) is 41.8 Å². The number of imidazole rings is 1. The first-order chi connectivity index (χ1) is 11.1. The van der Waals surface area contributed by atoms with Gasteiger partial charge in [0.1, 0.15) is 0 Å². The number of nitrogens with one attached hydrogen (secondary N) is 1.